The molecule has 138 valence electrons. The summed E-state index contributed by atoms with van der Waals surface area (Å²) in [5.41, 5.74) is 7.89. The number of rotatable bonds is 5. The Morgan fingerprint density at radius 2 is 1.71 bits per heavy atom. The van der Waals surface area contributed by atoms with Crippen LogP contribution >= 0.6 is 24.8 Å². The van der Waals surface area contributed by atoms with Gasteiger partial charge in [-0.3, -0.25) is 9.69 Å². The van der Waals surface area contributed by atoms with Crippen LogP contribution in [0.25, 0.3) is 0 Å². The molecule has 1 amide bonds. The van der Waals surface area contributed by atoms with Crippen molar-refractivity contribution < 1.29 is 9.53 Å². The lowest BCUT2D eigenvalue weighted by molar-refractivity contribution is -0.122. The van der Waals surface area contributed by atoms with Crippen molar-refractivity contribution in [3.63, 3.8) is 0 Å². The second-order valence-corrected chi connectivity index (χ2v) is 6.27. The van der Waals surface area contributed by atoms with E-state index in [4.69, 9.17) is 10.5 Å². The molecular weight excluding hydrogens is 349 g/mol. The predicted octanol–water partition coefficient (Wildman–Crippen LogP) is 2.10. The monoisotopic (exact) mass is 377 g/mol. The summed E-state index contributed by atoms with van der Waals surface area (Å²) in [5.74, 6) is -0.125. The largest absolute Gasteiger partial charge is 0.373 e. The third kappa shape index (κ3) is 7.36. The fourth-order valence-electron chi connectivity index (χ4n) is 2.78. The topological polar surface area (TPSA) is 67.6 Å². The lowest BCUT2D eigenvalue weighted by Gasteiger charge is -2.35. The molecule has 0 aliphatic carbocycles. The molecule has 0 bridgehead atoms. The highest BCUT2D eigenvalue weighted by Gasteiger charge is 2.21. The van der Waals surface area contributed by atoms with E-state index in [0.717, 1.165) is 25.2 Å². The molecule has 7 heteroatoms. The Kier molecular flexibility index (Phi) is 10.5. The zero-order valence-electron chi connectivity index (χ0n) is 14.5. The number of nitrogens with zero attached hydrogens (tertiary/aromatic N) is 1. The number of carbonyl (C=O) groups excluding carboxylic acids is 1. The molecule has 1 aromatic carbocycles. The Hall–Kier alpha value is -0.850. The number of amides is 1. The zero-order valence-corrected chi connectivity index (χ0v) is 16.2. The van der Waals surface area contributed by atoms with Gasteiger partial charge in [-0.05, 0) is 31.9 Å². The minimum absolute atomic E-state index is 0. The van der Waals surface area contributed by atoms with Gasteiger partial charge in [0.15, 0.2) is 0 Å². The van der Waals surface area contributed by atoms with Crippen LogP contribution in [0.3, 0.4) is 0 Å². The van der Waals surface area contributed by atoms with Crippen molar-refractivity contribution in [1.29, 1.82) is 0 Å². The van der Waals surface area contributed by atoms with Crippen molar-refractivity contribution >= 4 is 30.7 Å². The second-order valence-electron chi connectivity index (χ2n) is 6.27. The van der Waals surface area contributed by atoms with Crippen LogP contribution in [0, 0.1) is 0 Å². The molecule has 1 fully saturated rings. The Morgan fingerprint density at radius 1 is 1.21 bits per heavy atom. The van der Waals surface area contributed by atoms with Gasteiger partial charge in [0.1, 0.15) is 0 Å². The van der Waals surface area contributed by atoms with E-state index >= 15 is 0 Å². The van der Waals surface area contributed by atoms with Gasteiger partial charge >= 0.3 is 0 Å². The van der Waals surface area contributed by atoms with Gasteiger partial charge < -0.3 is 15.8 Å². The molecule has 1 aliphatic rings. The maximum Gasteiger partial charge on any atom is 0.236 e. The number of halogens is 2. The molecule has 1 aliphatic heterocycles. The fraction of sp³-hybridized carbons (Fsp3) is 0.588. The van der Waals surface area contributed by atoms with Crippen molar-refractivity contribution in [2.75, 3.05) is 13.1 Å². The molecule has 0 radical (unpaired) electrons. The van der Waals surface area contributed by atoms with Gasteiger partial charge in [-0.2, -0.15) is 0 Å². The number of hydrogen-bond acceptors (Lipinski definition) is 4. The molecule has 2 rings (SSSR count). The number of carbonyl (C=O) groups is 1. The molecule has 2 unspecified atom stereocenters. The standard InChI is InChI=1S/C17H27N3O2.2ClH/c1-12-9-20(10-13(2)22-12)11-16-6-4-15(5-7-16)8-19-17(21)14(3)18;;/h4-7,12-14H,8-11,18H2,1-3H3,(H,19,21);2*1H/t12?,13?,14-;;/m1../s1. The Balaban J connectivity index is 0.00000264. The normalized spacial score (nSPS) is 22.0. The van der Waals surface area contributed by atoms with Crippen LogP contribution in [0.1, 0.15) is 31.9 Å². The summed E-state index contributed by atoms with van der Waals surface area (Å²) in [5, 5.41) is 2.82. The van der Waals surface area contributed by atoms with E-state index in [0.29, 0.717) is 6.54 Å². The van der Waals surface area contributed by atoms with Gasteiger partial charge in [-0.25, -0.2) is 0 Å². The fourth-order valence-corrected chi connectivity index (χ4v) is 2.78. The maximum atomic E-state index is 11.5. The SMILES string of the molecule is CC1CN(Cc2ccc(CNC(=O)[C@@H](C)N)cc2)CC(C)O1.Cl.Cl. The van der Waals surface area contributed by atoms with Gasteiger partial charge in [-0.1, -0.05) is 24.3 Å². The lowest BCUT2D eigenvalue weighted by atomic mass is 10.1. The summed E-state index contributed by atoms with van der Waals surface area (Å²) in [6.07, 6.45) is 0.577. The van der Waals surface area contributed by atoms with Crippen molar-refractivity contribution in [3.8, 4) is 0 Å². The minimum Gasteiger partial charge on any atom is -0.373 e. The van der Waals surface area contributed by atoms with E-state index in [1.54, 1.807) is 6.92 Å². The van der Waals surface area contributed by atoms with Gasteiger partial charge in [0.25, 0.3) is 0 Å². The molecule has 1 aromatic rings. The van der Waals surface area contributed by atoms with Crippen LogP contribution in [-0.2, 0) is 22.6 Å². The lowest BCUT2D eigenvalue weighted by Crippen LogP contribution is -2.44. The average Bonchev–Trinajstić information content (AvgIpc) is 2.45. The molecule has 24 heavy (non-hydrogen) atoms. The van der Waals surface area contributed by atoms with Crippen LogP contribution in [0.2, 0.25) is 0 Å². The Labute approximate surface area is 157 Å². The smallest absolute Gasteiger partial charge is 0.236 e. The zero-order chi connectivity index (χ0) is 16.1. The predicted molar refractivity (Wildman–Crippen MR) is 102 cm³/mol. The molecule has 0 aromatic heterocycles. The van der Waals surface area contributed by atoms with Crippen molar-refractivity contribution in [2.45, 2.75) is 52.1 Å². The Morgan fingerprint density at radius 3 is 2.21 bits per heavy atom. The van der Waals surface area contributed by atoms with E-state index < -0.39 is 6.04 Å². The Bertz CT molecular complexity index is 487. The van der Waals surface area contributed by atoms with Crippen molar-refractivity contribution in [2.24, 2.45) is 5.73 Å². The van der Waals surface area contributed by atoms with Crippen LogP contribution in [-0.4, -0.2) is 42.1 Å². The highest BCUT2D eigenvalue weighted by molar-refractivity contribution is 5.85. The number of ether oxygens (including phenoxy) is 1. The van der Waals surface area contributed by atoms with Crippen LogP contribution in [0.15, 0.2) is 24.3 Å². The summed E-state index contributed by atoms with van der Waals surface area (Å²) >= 11 is 0. The number of morpholine rings is 1. The highest BCUT2D eigenvalue weighted by atomic mass is 35.5. The minimum atomic E-state index is -0.468. The van der Waals surface area contributed by atoms with Gasteiger partial charge in [-0.15, -0.1) is 24.8 Å². The quantitative estimate of drug-likeness (QED) is 0.824. The van der Waals surface area contributed by atoms with Crippen LogP contribution < -0.4 is 11.1 Å². The number of nitrogens with one attached hydrogen (secondary N) is 1. The molecular formula is C17H29Cl2N3O2. The molecule has 5 nitrogen and oxygen atoms in total. The van der Waals surface area contributed by atoms with E-state index in [-0.39, 0.29) is 42.9 Å². The number of hydrogen-bond donors (Lipinski definition) is 2. The molecule has 3 N–H and O–H groups in total. The molecule has 1 saturated heterocycles. The van der Waals surface area contributed by atoms with Crippen molar-refractivity contribution in [3.05, 3.63) is 35.4 Å². The average molecular weight is 378 g/mol. The van der Waals surface area contributed by atoms with Gasteiger partial charge in [0.05, 0.1) is 18.2 Å². The number of benzene rings is 1. The van der Waals surface area contributed by atoms with E-state index in [9.17, 15) is 4.79 Å². The first-order chi connectivity index (χ1) is 10.4. The van der Waals surface area contributed by atoms with Gasteiger partial charge in [0, 0.05) is 26.2 Å². The summed E-state index contributed by atoms with van der Waals surface area (Å²) in [6, 6.07) is 7.90. The maximum absolute atomic E-state index is 11.5. The molecule has 0 saturated carbocycles. The summed E-state index contributed by atoms with van der Waals surface area (Å²) in [6.45, 7) is 9.31. The van der Waals surface area contributed by atoms with Crippen LogP contribution in [0.4, 0.5) is 0 Å². The van der Waals surface area contributed by atoms with Gasteiger partial charge in [0.2, 0.25) is 5.91 Å². The summed E-state index contributed by atoms with van der Waals surface area (Å²) in [7, 11) is 0. The molecule has 0 spiro atoms. The first-order valence-corrected chi connectivity index (χ1v) is 7.93. The second kappa shape index (κ2) is 10.9. The first kappa shape index (κ1) is 23.1. The van der Waals surface area contributed by atoms with Crippen LogP contribution in [0.5, 0.6) is 0 Å². The summed E-state index contributed by atoms with van der Waals surface area (Å²) < 4.78 is 5.75. The summed E-state index contributed by atoms with van der Waals surface area (Å²) in [4.78, 5) is 13.9. The van der Waals surface area contributed by atoms with E-state index in [1.807, 2.05) is 0 Å². The third-order valence-electron chi connectivity index (χ3n) is 3.80. The first-order valence-electron chi connectivity index (χ1n) is 7.93. The third-order valence-corrected chi connectivity index (χ3v) is 3.80. The highest BCUT2D eigenvalue weighted by Crippen LogP contribution is 2.14. The van der Waals surface area contributed by atoms with E-state index in [2.05, 4.69) is 48.3 Å². The molecule has 1 heterocycles. The van der Waals surface area contributed by atoms with E-state index in [1.165, 1.54) is 5.56 Å². The molecule has 3 atom stereocenters. The number of nitrogens with two attached hydrogens (primary N) is 1. The van der Waals surface area contributed by atoms with Crippen molar-refractivity contribution in [1.82, 2.24) is 10.2 Å².